The van der Waals surface area contributed by atoms with Crippen LogP contribution in [0, 0.1) is 5.82 Å². The lowest BCUT2D eigenvalue weighted by atomic mass is 9.95. The van der Waals surface area contributed by atoms with E-state index in [-0.39, 0.29) is 40.7 Å². The summed E-state index contributed by atoms with van der Waals surface area (Å²) in [6.45, 7) is 0.306. The van der Waals surface area contributed by atoms with Crippen molar-refractivity contribution in [3.05, 3.63) is 83.0 Å². The predicted octanol–water partition coefficient (Wildman–Crippen LogP) is 4.10. The molecule has 0 unspecified atom stereocenters. The third kappa shape index (κ3) is 6.00. The third-order valence-electron chi connectivity index (χ3n) is 6.91. The van der Waals surface area contributed by atoms with Crippen molar-refractivity contribution < 1.29 is 39.5 Å². The average molecular weight is 619 g/mol. The molecule has 4 rings (SSSR count). The second-order valence-electron chi connectivity index (χ2n) is 9.65. The normalized spacial score (nSPS) is 20.8. The monoisotopic (exact) mass is 618 g/mol. The van der Waals surface area contributed by atoms with E-state index >= 15 is 0 Å². The molecule has 14 heteroatoms. The molecule has 1 N–H and O–H groups in total. The van der Waals surface area contributed by atoms with E-state index < -0.39 is 54.8 Å². The number of hydrogen-bond donors (Lipinski definition) is 1. The summed E-state index contributed by atoms with van der Waals surface area (Å²) in [5.41, 5.74) is -3.20. The van der Waals surface area contributed by atoms with E-state index in [0.29, 0.717) is 12.6 Å². The van der Waals surface area contributed by atoms with Gasteiger partial charge in [0.1, 0.15) is 5.82 Å². The van der Waals surface area contributed by atoms with Crippen molar-refractivity contribution in [2.75, 3.05) is 30.3 Å². The summed E-state index contributed by atoms with van der Waals surface area (Å²) < 4.78 is 108. The first-order valence-corrected chi connectivity index (χ1v) is 15.6. The molecule has 0 amide bonds. The van der Waals surface area contributed by atoms with Crippen molar-refractivity contribution >= 4 is 42.6 Å². The van der Waals surface area contributed by atoms with Crippen molar-refractivity contribution in [2.45, 2.75) is 36.1 Å². The standard InChI is InChI=1S/C26H26F4N2O5S3/c1-25(33,26(28,29)30)18-9-11-20(12-10-18)32-14-13-31(40(36,37)24-8-3-2-7-23(24)38)16-21(32)17-39(34,35)22-6-4-5-19(27)15-22/h2-6,8-12,15,21,33H,7,13-14,16-17H2,1H3/t21-,25-/m1/s1. The zero-order chi connectivity index (χ0) is 29.5. The Morgan fingerprint density at radius 3 is 2.33 bits per heavy atom. The van der Waals surface area contributed by atoms with Gasteiger partial charge in [-0.25, -0.2) is 21.2 Å². The average Bonchev–Trinajstić information content (AvgIpc) is 2.88. The summed E-state index contributed by atoms with van der Waals surface area (Å²) in [5, 5.41) is 10.0. The molecule has 0 bridgehead atoms. The van der Waals surface area contributed by atoms with Crippen LogP contribution in [0.5, 0.6) is 0 Å². The van der Waals surface area contributed by atoms with Crippen LogP contribution in [0.25, 0.3) is 0 Å². The molecule has 0 aromatic heterocycles. The lowest BCUT2D eigenvalue weighted by Crippen LogP contribution is -2.57. The van der Waals surface area contributed by atoms with Crippen molar-refractivity contribution in [3.8, 4) is 0 Å². The molecule has 0 spiro atoms. The van der Waals surface area contributed by atoms with Crippen molar-refractivity contribution in [3.63, 3.8) is 0 Å². The van der Waals surface area contributed by atoms with Gasteiger partial charge < -0.3 is 10.0 Å². The first-order valence-electron chi connectivity index (χ1n) is 12.1. The predicted molar refractivity (Wildman–Crippen MR) is 147 cm³/mol. The fraction of sp³-hybridized carbons (Fsp3) is 0.346. The molecule has 2 aromatic carbocycles. The topological polar surface area (TPSA) is 95.0 Å². The largest absolute Gasteiger partial charge is 0.421 e. The number of allylic oxidation sites excluding steroid dienone is 4. The van der Waals surface area contributed by atoms with Crippen LogP contribution in [-0.2, 0) is 25.5 Å². The SMILES string of the molecule is C[C@@](O)(c1ccc(N2CCN(S(=O)(=O)C3=CC=CCC3=S)C[C@@H]2CS(=O)(=O)c2cccc(F)c2)cc1)C(F)(F)F. The van der Waals surface area contributed by atoms with E-state index in [1.165, 1.54) is 30.3 Å². The molecular weight excluding hydrogens is 592 g/mol. The number of aliphatic hydroxyl groups is 1. The van der Waals surface area contributed by atoms with E-state index in [1.807, 2.05) is 0 Å². The highest BCUT2D eigenvalue weighted by atomic mass is 32.2. The second kappa shape index (κ2) is 11.0. The number of benzene rings is 2. The van der Waals surface area contributed by atoms with Gasteiger partial charge in [-0.05, 0) is 48.9 Å². The molecule has 216 valence electrons. The number of halogens is 4. The van der Waals surface area contributed by atoms with E-state index in [1.54, 1.807) is 17.1 Å². The van der Waals surface area contributed by atoms with Gasteiger partial charge in [0.2, 0.25) is 10.0 Å². The maximum Gasteiger partial charge on any atom is 0.421 e. The molecule has 1 heterocycles. The number of nitrogens with zero attached hydrogens (tertiary/aromatic N) is 2. The maximum absolute atomic E-state index is 13.8. The number of rotatable bonds is 7. The van der Waals surface area contributed by atoms with Crippen molar-refractivity contribution in [2.24, 2.45) is 0 Å². The Kier molecular flexibility index (Phi) is 8.31. The Bertz CT molecular complexity index is 1570. The highest BCUT2D eigenvalue weighted by molar-refractivity contribution is 7.96. The van der Waals surface area contributed by atoms with E-state index in [9.17, 15) is 39.5 Å². The van der Waals surface area contributed by atoms with Gasteiger partial charge in [0.25, 0.3) is 0 Å². The lowest BCUT2D eigenvalue weighted by molar-refractivity contribution is -0.258. The maximum atomic E-state index is 13.8. The van der Waals surface area contributed by atoms with Gasteiger partial charge >= 0.3 is 6.18 Å². The number of sulfonamides is 1. The van der Waals surface area contributed by atoms with Crippen molar-refractivity contribution in [1.29, 1.82) is 0 Å². The molecule has 7 nitrogen and oxygen atoms in total. The summed E-state index contributed by atoms with van der Waals surface area (Å²) in [4.78, 5) is 1.47. The van der Waals surface area contributed by atoms with Gasteiger partial charge in [0.15, 0.2) is 15.4 Å². The van der Waals surface area contributed by atoms with Gasteiger partial charge in [-0.3, -0.25) is 0 Å². The number of sulfone groups is 1. The van der Waals surface area contributed by atoms with Crippen LogP contribution in [0.2, 0.25) is 0 Å². The summed E-state index contributed by atoms with van der Waals surface area (Å²) in [5.74, 6) is -1.36. The molecule has 1 saturated heterocycles. The fourth-order valence-electron chi connectivity index (χ4n) is 4.57. The highest BCUT2D eigenvalue weighted by Crippen LogP contribution is 2.39. The summed E-state index contributed by atoms with van der Waals surface area (Å²) in [6.07, 6.45) is 0.0124. The molecule has 0 radical (unpaired) electrons. The lowest BCUT2D eigenvalue weighted by Gasteiger charge is -2.42. The molecule has 2 aromatic rings. The summed E-state index contributed by atoms with van der Waals surface area (Å²) in [7, 11) is -8.20. The Morgan fingerprint density at radius 1 is 1.05 bits per heavy atom. The van der Waals surface area contributed by atoms with Crippen LogP contribution >= 0.6 is 12.2 Å². The first-order chi connectivity index (χ1) is 18.5. The van der Waals surface area contributed by atoms with E-state index in [0.717, 1.165) is 28.6 Å². The molecule has 2 atom stereocenters. The number of thiocarbonyl (C=S) groups is 1. The number of alkyl halides is 3. The van der Waals surface area contributed by atoms with Crippen LogP contribution < -0.4 is 4.90 Å². The fourth-order valence-corrected chi connectivity index (χ4v) is 8.20. The number of piperazine rings is 1. The summed E-state index contributed by atoms with van der Waals surface area (Å²) >= 11 is 5.24. The smallest absolute Gasteiger partial charge is 0.376 e. The Labute approximate surface area is 235 Å². The van der Waals surface area contributed by atoms with Gasteiger partial charge in [-0.15, -0.1) is 0 Å². The minimum absolute atomic E-state index is 0.00740. The van der Waals surface area contributed by atoms with Crippen LogP contribution in [-0.4, -0.2) is 68.7 Å². The summed E-state index contributed by atoms with van der Waals surface area (Å²) in [6, 6.07) is 8.23. The van der Waals surface area contributed by atoms with Crippen LogP contribution in [0.3, 0.4) is 0 Å². The molecule has 2 aliphatic rings. The van der Waals surface area contributed by atoms with Gasteiger partial charge in [-0.2, -0.15) is 17.5 Å². The molecule has 1 aliphatic heterocycles. The zero-order valence-electron chi connectivity index (χ0n) is 21.2. The Morgan fingerprint density at radius 2 is 1.73 bits per heavy atom. The molecular formula is C26H26F4N2O5S3. The van der Waals surface area contributed by atoms with Crippen LogP contribution in [0.15, 0.2) is 76.6 Å². The molecule has 40 heavy (non-hydrogen) atoms. The molecule has 1 fully saturated rings. The minimum atomic E-state index is -4.93. The van der Waals surface area contributed by atoms with Gasteiger partial charge in [-0.1, -0.05) is 42.6 Å². The highest BCUT2D eigenvalue weighted by Gasteiger charge is 2.51. The van der Waals surface area contributed by atoms with Crippen LogP contribution in [0.1, 0.15) is 18.9 Å². The number of anilines is 1. The number of hydrogen-bond acceptors (Lipinski definition) is 7. The molecule has 0 saturated carbocycles. The Balaban J connectivity index is 1.69. The van der Waals surface area contributed by atoms with Crippen molar-refractivity contribution in [1.82, 2.24) is 4.31 Å². The van der Waals surface area contributed by atoms with Gasteiger partial charge in [0, 0.05) is 36.6 Å². The zero-order valence-corrected chi connectivity index (χ0v) is 23.6. The first kappa shape index (κ1) is 30.3. The third-order valence-corrected chi connectivity index (χ3v) is 11.2. The van der Waals surface area contributed by atoms with Crippen LogP contribution in [0.4, 0.5) is 23.2 Å². The van der Waals surface area contributed by atoms with Gasteiger partial charge in [0.05, 0.1) is 21.6 Å². The Hall–Kier alpha value is -2.65. The van der Waals surface area contributed by atoms with E-state index in [2.05, 4.69) is 0 Å². The quantitative estimate of drug-likeness (QED) is 0.369. The second-order valence-corrected chi connectivity index (χ2v) is 14.1. The minimum Gasteiger partial charge on any atom is -0.376 e. The molecule has 1 aliphatic carbocycles. The van der Waals surface area contributed by atoms with E-state index in [4.69, 9.17) is 12.2 Å².